The Balaban J connectivity index is 2.60. The molecule has 2 heteroatoms. The third-order valence-electron chi connectivity index (χ3n) is 2.60. The molecule has 0 aliphatic carbocycles. The molecule has 1 atom stereocenters. The van der Waals surface area contributed by atoms with Crippen LogP contribution in [0.5, 0.6) is 0 Å². The molecule has 1 aromatic carbocycles. The minimum Gasteiger partial charge on any atom is -0.350 e. The molecule has 2 nitrogen and oxygen atoms in total. The summed E-state index contributed by atoms with van der Waals surface area (Å²) in [5.41, 5.74) is 2.26. The Hall–Kier alpha value is -1.57. The van der Waals surface area contributed by atoms with Gasteiger partial charge in [0.15, 0.2) is 0 Å². The predicted octanol–water partition coefficient (Wildman–Crippen LogP) is 2.92. The Labute approximate surface area is 97.4 Å². The normalized spacial score (nSPS) is 12.7. The fourth-order valence-corrected chi connectivity index (χ4v) is 1.33. The van der Waals surface area contributed by atoms with Crippen molar-refractivity contribution in [2.24, 2.45) is 0 Å². The highest BCUT2D eigenvalue weighted by molar-refractivity contribution is 5.92. The van der Waals surface area contributed by atoms with Crippen LogP contribution in [0, 0.1) is 6.92 Å². The predicted molar refractivity (Wildman–Crippen MR) is 68.1 cm³/mol. The van der Waals surface area contributed by atoms with Crippen molar-refractivity contribution in [1.82, 2.24) is 5.32 Å². The topological polar surface area (TPSA) is 29.1 Å². The molecule has 1 amide bonds. The molecule has 0 saturated carbocycles. The standard InChI is InChI=1S/C14H19NO/c1-4-12(3)15-14(16)10-9-13-8-6-5-7-11(13)2/h5-10,12H,4H2,1-3H3,(H,15,16)/b10-9-/t12-/m1/s1. The number of rotatable bonds is 4. The number of carbonyl (C=O) groups excluding carboxylic acids is 1. The maximum absolute atomic E-state index is 11.5. The highest BCUT2D eigenvalue weighted by atomic mass is 16.1. The van der Waals surface area contributed by atoms with Crippen LogP contribution in [0.1, 0.15) is 31.4 Å². The number of hydrogen-bond acceptors (Lipinski definition) is 1. The lowest BCUT2D eigenvalue weighted by molar-refractivity contribution is -0.117. The van der Waals surface area contributed by atoms with Gasteiger partial charge in [-0.25, -0.2) is 0 Å². The van der Waals surface area contributed by atoms with E-state index in [2.05, 4.69) is 12.2 Å². The van der Waals surface area contributed by atoms with Crippen molar-refractivity contribution < 1.29 is 4.79 Å². The monoisotopic (exact) mass is 217 g/mol. The van der Waals surface area contributed by atoms with Crippen LogP contribution in [-0.4, -0.2) is 11.9 Å². The summed E-state index contributed by atoms with van der Waals surface area (Å²) in [6.45, 7) is 6.09. The van der Waals surface area contributed by atoms with Crippen LogP contribution in [0.25, 0.3) is 6.08 Å². The second-order valence-corrected chi connectivity index (χ2v) is 4.01. The lowest BCUT2D eigenvalue weighted by atomic mass is 10.1. The van der Waals surface area contributed by atoms with Gasteiger partial charge in [0.2, 0.25) is 5.91 Å². The second-order valence-electron chi connectivity index (χ2n) is 4.01. The summed E-state index contributed by atoms with van der Waals surface area (Å²) in [6, 6.07) is 8.23. The van der Waals surface area contributed by atoms with E-state index in [1.54, 1.807) is 6.08 Å². The molecule has 1 aromatic rings. The van der Waals surface area contributed by atoms with Gasteiger partial charge in [-0.2, -0.15) is 0 Å². The average Bonchev–Trinajstić information content (AvgIpc) is 2.28. The van der Waals surface area contributed by atoms with E-state index < -0.39 is 0 Å². The number of benzene rings is 1. The molecular formula is C14H19NO. The molecule has 0 fully saturated rings. The summed E-state index contributed by atoms with van der Waals surface area (Å²) in [7, 11) is 0. The number of hydrogen-bond donors (Lipinski definition) is 1. The van der Waals surface area contributed by atoms with E-state index in [9.17, 15) is 4.79 Å². The van der Waals surface area contributed by atoms with Crippen molar-refractivity contribution in [2.75, 3.05) is 0 Å². The van der Waals surface area contributed by atoms with E-state index in [1.165, 1.54) is 5.56 Å². The van der Waals surface area contributed by atoms with Crippen LogP contribution >= 0.6 is 0 Å². The molecule has 0 aliphatic rings. The molecule has 16 heavy (non-hydrogen) atoms. The fourth-order valence-electron chi connectivity index (χ4n) is 1.33. The maximum Gasteiger partial charge on any atom is 0.244 e. The van der Waals surface area contributed by atoms with Crippen molar-refractivity contribution in [2.45, 2.75) is 33.2 Å². The number of amides is 1. The molecule has 0 radical (unpaired) electrons. The van der Waals surface area contributed by atoms with Crippen molar-refractivity contribution in [3.05, 3.63) is 41.5 Å². The Kier molecular flexibility index (Phi) is 4.77. The van der Waals surface area contributed by atoms with E-state index in [-0.39, 0.29) is 11.9 Å². The van der Waals surface area contributed by atoms with Crippen molar-refractivity contribution in [3.8, 4) is 0 Å². The summed E-state index contributed by atoms with van der Waals surface area (Å²) >= 11 is 0. The van der Waals surface area contributed by atoms with E-state index in [4.69, 9.17) is 0 Å². The van der Waals surface area contributed by atoms with Crippen LogP contribution in [0.4, 0.5) is 0 Å². The van der Waals surface area contributed by atoms with Gasteiger partial charge in [0.05, 0.1) is 0 Å². The molecule has 0 spiro atoms. The zero-order valence-electron chi connectivity index (χ0n) is 10.2. The quantitative estimate of drug-likeness (QED) is 0.772. The molecule has 0 heterocycles. The number of carbonyl (C=O) groups is 1. The van der Waals surface area contributed by atoms with Gasteiger partial charge >= 0.3 is 0 Å². The average molecular weight is 217 g/mol. The van der Waals surface area contributed by atoms with Crippen LogP contribution in [-0.2, 0) is 4.79 Å². The maximum atomic E-state index is 11.5. The molecular weight excluding hydrogens is 198 g/mol. The first-order chi connectivity index (χ1) is 7.63. The third-order valence-corrected chi connectivity index (χ3v) is 2.60. The molecule has 1 N–H and O–H groups in total. The Morgan fingerprint density at radius 1 is 1.44 bits per heavy atom. The van der Waals surface area contributed by atoms with Gasteiger partial charge in [0.1, 0.15) is 0 Å². The first kappa shape index (κ1) is 12.5. The molecule has 0 aromatic heterocycles. The minimum absolute atomic E-state index is 0.0300. The molecule has 1 rings (SSSR count). The van der Waals surface area contributed by atoms with Crippen molar-refractivity contribution >= 4 is 12.0 Å². The molecule has 0 saturated heterocycles. The molecule has 0 aliphatic heterocycles. The largest absolute Gasteiger partial charge is 0.350 e. The van der Waals surface area contributed by atoms with Gasteiger partial charge in [-0.15, -0.1) is 0 Å². The van der Waals surface area contributed by atoms with Gasteiger partial charge < -0.3 is 5.32 Å². The fraction of sp³-hybridized carbons (Fsp3) is 0.357. The van der Waals surface area contributed by atoms with Crippen LogP contribution in [0.3, 0.4) is 0 Å². The van der Waals surface area contributed by atoms with Crippen LogP contribution in [0.15, 0.2) is 30.3 Å². The first-order valence-electron chi connectivity index (χ1n) is 5.67. The van der Waals surface area contributed by atoms with E-state index in [1.807, 2.05) is 44.2 Å². The van der Waals surface area contributed by atoms with Gasteiger partial charge in [-0.3, -0.25) is 4.79 Å². The van der Waals surface area contributed by atoms with Crippen molar-refractivity contribution in [1.29, 1.82) is 0 Å². The van der Waals surface area contributed by atoms with Gasteiger partial charge in [-0.05, 0) is 37.5 Å². The first-order valence-corrected chi connectivity index (χ1v) is 5.67. The van der Waals surface area contributed by atoms with Gasteiger partial charge in [0, 0.05) is 12.1 Å². The number of nitrogens with one attached hydrogen (secondary N) is 1. The summed E-state index contributed by atoms with van der Waals surface area (Å²) in [5.74, 6) is -0.0300. The summed E-state index contributed by atoms with van der Waals surface area (Å²) in [6.07, 6.45) is 4.39. The third kappa shape index (κ3) is 3.89. The van der Waals surface area contributed by atoms with Crippen LogP contribution in [0.2, 0.25) is 0 Å². The van der Waals surface area contributed by atoms with Gasteiger partial charge in [0.25, 0.3) is 0 Å². The Morgan fingerprint density at radius 3 is 2.75 bits per heavy atom. The lowest BCUT2D eigenvalue weighted by Gasteiger charge is -2.08. The highest BCUT2D eigenvalue weighted by Gasteiger charge is 2.01. The van der Waals surface area contributed by atoms with E-state index in [0.717, 1.165) is 12.0 Å². The van der Waals surface area contributed by atoms with Gasteiger partial charge in [-0.1, -0.05) is 31.2 Å². The zero-order valence-corrected chi connectivity index (χ0v) is 10.2. The number of aryl methyl sites for hydroxylation is 1. The zero-order chi connectivity index (χ0) is 12.0. The minimum atomic E-state index is -0.0300. The van der Waals surface area contributed by atoms with E-state index >= 15 is 0 Å². The summed E-state index contributed by atoms with van der Waals surface area (Å²) in [5, 5.41) is 2.89. The van der Waals surface area contributed by atoms with Crippen molar-refractivity contribution in [3.63, 3.8) is 0 Å². The summed E-state index contributed by atoms with van der Waals surface area (Å²) < 4.78 is 0. The van der Waals surface area contributed by atoms with Crippen LogP contribution < -0.4 is 5.32 Å². The summed E-state index contributed by atoms with van der Waals surface area (Å²) in [4.78, 5) is 11.5. The Morgan fingerprint density at radius 2 is 2.12 bits per heavy atom. The second kappa shape index (κ2) is 6.11. The molecule has 0 unspecified atom stereocenters. The Bertz CT molecular complexity index is 382. The SMILES string of the molecule is CC[C@@H](C)NC(=O)/C=C\c1ccccc1C. The van der Waals surface area contributed by atoms with E-state index in [0.29, 0.717) is 0 Å². The highest BCUT2D eigenvalue weighted by Crippen LogP contribution is 2.08. The smallest absolute Gasteiger partial charge is 0.244 e. The lowest BCUT2D eigenvalue weighted by Crippen LogP contribution is -2.30. The molecule has 0 bridgehead atoms. The molecule has 86 valence electrons.